The first-order chi connectivity index (χ1) is 6.77. The van der Waals surface area contributed by atoms with Crippen molar-refractivity contribution < 1.29 is 8.78 Å². The van der Waals surface area contributed by atoms with Gasteiger partial charge in [0.2, 0.25) is 0 Å². The maximum Gasteiger partial charge on any atom is 0.123 e. The number of hydrogen-bond acceptors (Lipinski definition) is 1. The van der Waals surface area contributed by atoms with Crippen LogP contribution in [0.2, 0.25) is 0 Å². The monoisotopic (exact) mass is 197 g/mol. The maximum atomic E-state index is 13.5. The van der Waals surface area contributed by atoms with E-state index in [0.29, 0.717) is 12.0 Å². The van der Waals surface area contributed by atoms with Gasteiger partial charge in [0.1, 0.15) is 12.0 Å². The highest BCUT2D eigenvalue weighted by Crippen LogP contribution is 2.26. The first-order valence-corrected chi connectivity index (χ1v) is 4.90. The van der Waals surface area contributed by atoms with Gasteiger partial charge in [0.25, 0.3) is 0 Å². The summed E-state index contributed by atoms with van der Waals surface area (Å²) in [7, 11) is 0. The molecule has 0 bridgehead atoms. The Labute approximate surface area is 82.1 Å². The lowest BCUT2D eigenvalue weighted by Gasteiger charge is -2.27. The highest BCUT2D eigenvalue weighted by molar-refractivity contribution is 5.21. The third-order valence-corrected chi connectivity index (χ3v) is 2.59. The Hall–Kier alpha value is -0.960. The van der Waals surface area contributed by atoms with Crippen LogP contribution in [-0.4, -0.2) is 12.7 Å². The van der Waals surface area contributed by atoms with E-state index in [9.17, 15) is 8.78 Å². The van der Waals surface area contributed by atoms with E-state index in [1.54, 1.807) is 12.1 Å². The number of hydrogen-bond donors (Lipinski definition) is 1. The molecular weight excluding hydrogens is 184 g/mol. The molecule has 0 aromatic heterocycles. The van der Waals surface area contributed by atoms with Crippen molar-refractivity contribution in [1.82, 2.24) is 5.32 Å². The Morgan fingerprint density at radius 3 is 2.93 bits per heavy atom. The molecule has 2 atom stereocenters. The molecule has 1 aromatic rings. The molecule has 0 spiro atoms. The minimum Gasteiger partial charge on any atom is -0.308 e. The van der Waals surface area contributed by atoms with Crippen molar-refractivity contribution in [3.05, 3.63) is 35.6 Å². The zero-order valence-corrected chi connectivity index (χ0v) is 7.84. The molecule has 1 saturated heterocycles. The Morgan fingerprint density at radius 1 is 1.36 bits per heavy atom. The van der Waals surface area contributed by atoms with Crippen LogP contribution in [0, 0.1) is 5.82 Å². The number of alkyl halides is 1. The SMILES string of the molecule is Fc1cccc(C2NCCCC2F)c1. The molecule has 1 nitrogen and oxygen atoms in total. The lowest BCUT2D eigenvalue weighted by Crippen LogP contribution is -2.35. The van der Waals surface area contributed by atoms with Crippen molar-refractivity contribution in [3.63, 3.8) is 0 Å². The van der Waals surface area contributed by atoms with Gasteiger partial charge in [0.05, 0.1) is 6.04 Å². The number of nitrogens with one attached hydrogen (secondary N) is 1. The smallest absolute Gasteiger partial charge is 0.123 e. The van der Waals surface area contributed by atoms with Gasteiger partial charge in [-0.25, -0.2) is 8.78 Å². The van der Waals surface area contributed by atoms with Gasteiger partial charge < -0.3 is 5.32 Å². The first kappa shape index (κ1) is 9.59. The second kappa shape index (κ2) is 4.05. The van der Waals surface area contributed by atoms with Gasteiger partial charge >= 0.3 is 0 Å². The zero-order valence-electron chi connectivity index (χ0n) is 7.84. The van der Waals surface area contributed by atoms with E-state index in [1.165, 1.54) is 12.1 Å². The van der Waals surface area contributed by atoms with E-state index in [-0.39, 0.29) is 11.9 Å². The average Bonchev–Trinajstić information content (AvgIpc) is 2.18. The molecule has 0 aliphatic carbocycles. The molecule has 3 heteroatoms. The van der Waals surface area contributed by atoms with Gasteiger partial charge in [-0.1, -0.05) is 12.1 Å². The van der Waals surface area contributed by atoms with Gasteiger partial charge in [0.15, 0.2) is 0 Å². The fourth-order valence-electron chi connectivity index (χ4n) is 1.88. The average molecular weight is 197 g/mol. The normalized spacial score (nSPS) is 27.6. The molecule has 1 aliphatic rings. The molecule has 76 valence electrons. The molecule has 2 rings (SSSR count). The number of benzene rings is 1. The minimum atomic E-state index is -0.898. The molecule has 1 N–H and O–H groups in total. The second-order valence-electron chi connectivity index (χ2n) is 3.65. The van der Waals surface area contributed by atoms with Gasteiger partial charge in [-0.05, 0) is 37.1 Å². The molecule has 1 aromatic carbocycles. The van der Waals surface area contributed by atoms with E-state index in [4.69, 9.17) is 0 Å². The molecule has 1 aliphatic heterocycles. The summed E-state index contributed by atoms with van der Waals surface area (Å²) in [6.07, 6.45) is 0.520. The maximum absolute atomic E-state index is 13.5. The van der Waals surface area contributed by atoms with Gasteiger partial charge in [-0.2, -0.15) is 0 Å². The van der Waals surface area contributed by atoms with Crippen LogP contribution in [-0.2, 0) is 0 Å². The summed E-state index contributed by atoms with van der Waals surface area (Å²) in [4.78, 5) is 0. The van der Waals surface area contributed by atoms with Gasteiger partial charge in [0, 0.05) is 0 Å². The molecule has 2 unspecified atom stereocenters. The van der Waals surface area contributed by atoms with Crippen LogP contribution in [0.3, 0.4) is 0 Å². The zero-order chi connectivity index (χ0) is 9.97. The van der Waals surface area contributed by atoms with E-state index >= 15 is 0 Å². The highest BCUT2D eigenvalue weighted by Gasteiger charge is 2.25. The third-order valence-electron chi connectivity index (χ3n) is 2.59. The van der Waals surface area contributed by atoms with Crippen LogP contribution in [0.4, 0.5) is 8.78 Å². The Morgan fingerprint density at radius 2 is 2.21 bits per heavy atom. The van der Waals surface area contributed by atoms with Crippen molar-refractivity contribution in [2.24, 2.45) is 0 Å². The van der Waals surface area contributed by atoms with Crippen molar-refractivity contribution in [1.29, 1.82) is 0 Å². The van der Waals surface area contributed by atoms with Crippen molar-refractivity contribution in [2.45, 2.75) is 25.1 Å². The van der Waals surface area contributed by atoms with Crippen molar-refractivity contribution in [3.8, 4) is 0 Å². The Bertz CT molecular complexity index is 314. The predicted molar refractivity (Wildman–Crippen MR) is 51.3 cm³/mol. The van der Waals surface area contributed by atoms with Crippen LogP contribution < -0.4 is 5.32 Å². The van der Waals surface area contributed by atoms with Crippen molar-refractivity contribution >= 4 is 0 Å². The lowest BCUT2D eigenvalue weighted by atomic mass is 9.96. The third kappa shape index (κ3) is 1.93. The van der Waals surface area contributed by atoms with E-state index in [2.05, 4.69) is 5.32 Å². The largest absolute Gasteiger partial charge is 0.308 e. The topological polar surface area (TPSA) is 12.0 Å². The summed E-state index contributed by atoms with van der Waals surface area (Å²) < 4.78 is 26.4. The predicted octanol–water partition coefficient (Wildman–Crippen LogP) is 2.59. The molecule has 0 saturated carbocycles. The summed E-state index contributed by atoms with van der Waals surface area (Å²) in [6, 6.07) is 5.82. The van der Waals surface area contributed by atoms with E-state index in [1.807, 2.05) is 0 Å². The van der Waals surface area contributed by atoms with Crippen LogP contribution >= 0.6 is 0 Å². The van der Waals surface area contributed by atoms with Gasteiger partial charge in [-0.3, -0.25) is 0 Å². The number of halogens is 2. The molecule has 1 heterocycles. The number of piperidine rings is 1. The second-order valence-corrected chi connectivity index (χ2v) is 3.65. The molecule has 0 amide bonds. The Kier molecular flexibility index (Phi) is 2.77. The molecular formula is C11H13F2N. The molecule has 0 radical (unpaired) electrons. The summed E-state index contributed by atoms with van der Waals surface area (Å²) in [5.74, 6) is -0.304. The van der Waals surface area contributed by atoms with Crippen LogP contribution in [0.1, 0.15) is 24.4 Å². The van der Waals surface area contributed by atoms with Crippen LogP contribution in [0.15, 0.2) is 24.3 Å². The number of rotatable bonds is 1. The van der Waals surface area contributed by atoms with E-state index < -0.39 is 6.17 Å². The standard InChI is InChI=1S/C11H13F2N/c12-9-4-1-3-8(7-9)11-10(13)5-2-6-14-11/h1,3-4,7,10-11,14H,2,5-6H2. The Balaban J connectivity index is 2.20. The van der Waals surface area contributed by atoms with E-state index in [0.717, 1.165) is 13.0 Å². The fourth-order valence-corrected chi connectivity index (χ4v) is 1.88. The molecule has 14 heavy (non-hydrogen) atoms. The lowest BCUT2D eigenvalue weighted by molar-refractivity contribution is 0.201. The fraction of sp³-hybridized carbons (Fsp3) is 0.455. The highest BCUT2D eigenvalue weighted by atomic mass is 19.1. The quantitative estimate of drug-likeness (QED) is 0.729. The first-order valence-electron chi connectivity index (χ1n) is 4.90. The summed E-state index contributed by atoms with van der Waals surface area (Å²) in [5.41, 5.74) is 0.706. The minimum absolute atomic E-state index is 0.304. The van der Waals surface area contributed by atoms with Crippen LogP contribution in [0.25, 0.3) is 0 Å². The van der Waals surface area contributed by atoms with Crippen LogP contribution in [0.5, 0.6) is 0 Å². The molecule has 1 fully saturated rings. The summed E-state index contributed by atoms with van der Waals surface area (Å²) in [5, 5.41) is 3.07. The van der Waals surface area contributed by atoms with Crippen molar-refractivity contribution in [2.75, 3.05) is 6.54 Å². The summed E-state index contributed by atoms with van der Waals surface area (Å²) in [6.45, 7) is 0.807. The van der Waals surface area contributed by atoms with Gasteiger partial charge in [-0.15, -0.1) is 0 Å². The summed E-state index contributed by atoms with van der Waals surface area (Å²) >= 11 is 0.